The number of urea groups is 1. The van der Waals surface area contributed by atoms with E-state index in [1.165, 1.54) is 4.80 Å². The Kier molecular flexibility index (Phi) is 4.37. The van der Waals surface area contributed by atoms with E-state index in [4.69, 9.17) is 5.11 Å². The van der Waals surface area contributed by atoms with Crippen molar-refractivity contribution < 1.29 is 14.7 Å². The van der Waals surface area contributed by atoms with Crippen LogP contribution >= 0.6 is 0 Å². The molecule has 1 rings (SSSR count). The summed E-state index contributed by atoms with van der Waals surface area (Å²) in [5.74, 6) is -1.06. The smallest absolute Gasteiger partial charge is 0.326 e. The van der Waals surface area contributed by atoms with E-state index in [1.807, 2.05) is 6.92 Å². The third-order valence-electron chi connectivity index (χ3n) is 1.91. The van der Waals surface area contributed by atoms with E-state index < -0.39 is 18.0 Å². The summed E-state index contributed by atoms with van der Waals surface area (Å²) < 4.78 is 0. The van der Waals surface area contributed by atoms with Crippen LogP contribution in [0.1, 0.15) is 19.8 Å². The number of amides is 2. The van der Waals surface area contributed by atoms with E-state index in [1.54, 1.807) is 7.05 Å². The summed E-state index contributed by atoms with van der Waals surface area (Å²) in [6.45, 7) is 1.83. The molecule has 0 aromatic carbocycles. The Bertz CT molecular complexity index is 404. The van der Waals surface area contributed by atoms with Gasteiger partial charge in [0.1, 0.15) is 6.04 Å². The fraction of sp³-hybridized carbons (Fsp3) is 0.625. The molecular weight excluding hydrogens is 228 g/mol. The highest BCUT2D eigenvalue weighted by molar-refractivity contribution is 5.90. The van der Waals surface area contributed by atoms with Crippen molar-refractivity contribution in [3.05, 3.63) is 0 Å². The molecule has 0 bridgehead atoms. The molecule has 0 aliphatic carbocycles. The number of carbonyl (C=O) groups is 2. The Morgan fingerprint density at radius 3 is 2.71 bits per heavy atom. The van der Waals surface area contributed by atoms with E-state index in [0.29, 0.717) is 12.8 Å². The molecule has 0 fully saturated rings. The molecule has 1 aromatic heterocycles. The van der Waals surface area contributed by atoms with Crippen molar-refractivity contribution in [1.29, 1.82) is 0 Å². The van der Waals surface area contributed by atoms with Crippen molar-refractivity contribution in [2.24, 2.45) is 7.05 Å². The molecule has 0 aliphatic rings. The number of aliphatic carboxylic acids is 1. The maximum absolute atomic E-state index is 11.4. The van der Waals surface area contributed by atoms with E-state index in [2.05, 4.69) is 26.0 Å². The first-order chi connectivity index (χ1) is 8.02. The highest BCUT2D eigenvalue weighted by atomic mass is 16.4. The lowest BCUT2D eigenvalue weighted by Crippen LogP contribution is -2.43. The lowest BCUT2D eigenvalue weighted by molar-refractivity contribution is -0.139. The summed E-state index contributed by atoms with van der Waals surface area (Å²) in [5, 5.41) is 24.2. The number of nitrogens with zero attached hydrogens (tertiary/aromatic N) is 4. The van der Waals surface area contributed by atoms with E-state index >= 15 is 0 Å². The van der Waals surface area contributed by atoms with Crippen LogP contribution in [-0.4, -0.2) is 43.4 Å². The molecule has 0 aliphatic heterocycles. The molecule has 1 atom stereocenters. The Hall–Kier alpha value is -2.19. The number of aromatic nitrogens is 4. The predicted octanol–water partition coefficient (Wildman–Crippen LogP) is -0.415. The van der Waals surface area contributed by atoms with Crippen LogP contribution in [0.15, 0.2) is 0 Å². The summed E-state index contributed by atoms with van der Waals surface area (Å²) >= 11 is 0. The van der Waals surface area contributed by atoms with Crippen molar-refractivity contribution in [2.45, 2.75) is 25.8 Å². The van der Waals surface area contributed by atoms with Gasteiger partial charge in [-0.25, -0.2) is 9.59 Å². The van der Waals surface area contributed by atoms with Gasteiger partial charge in [0.2, 0.25) is 0 Å². The number of nitrogens with one attached hydrogen (secondary N) is 2. The minimum atomic E-state index is -1.07. The van der Waals surface area contributed by atoms with Gasteiger partial charge in [-0.15, -0.1) is 5.10 Å². The molecule has 9 nitrogen and oxygen atoms in total. The van der Waals surface area contributed by atoms with E-state index in [0.717, 1.165) is 0 Å². The number of tetrazole rings is 1. The van der Waals surface area contributed by atoms with Crippen LogP contribution in [0.2, 0.25) is 0 Å². The minimum Gasteiger partial charge on any atom is -0.480 e. The monoisotopic (exact) mass is 242 g/mol. The van der Waals surface area contributed by atoms with Crippen LogP contribution in [0.25, 0.3) is 0 Å². The van der Waals surface area contributed by atoms with Crippen LogP contribution in [0.4, 0.5) is 10.7 Å². The van der Waals surface area contributed by atoms with Crippen molar-refractivity contribution >= 4 is 17.9 Å². The second-order valence-corrected chi connectivity index (χ2v) is 3.38. The van der Waals surface area contributed by atoms with Crippen molar-refractivity contribution in [3.63, 3.8) is 0 Å². The van der Waals surface area contributed by atoms with Gasteiger partial charge in [-0.2, -0.15) is 4.80 Å². The SMILES string of the molecule is CCC[C@H](NC(=O)Nc1nnn(C)n1)C(=O)O. The molecule has 9 heteroatoms. The molecule has 3 N–H and O–H groups in total. The predicted molar refractivity (Wildman–Crippen MR) is 57.3 cm³/mol. The fourth-order valence-corrected chi connectivity index (χ4v) is 1.18. The van der Waals surface area contributed by atoms with Crippen molar-refractivity contribution in [2.75, 3.05) is 5.32 Å². The Balaban J connectivity index is 2.50. The second-order valence-electron chi connectivity index (χ2n) is 3.38. The van der Waals surface area contributed by atoms with Gasteiger partial charge in [0.15, 0.2) is 0 Å². The molecule has 0 radical (unpaired) electrons. The quantitative estimate of drug-likeness (QED) is 0.644. The van der Waals surface area contributed by atoms with Crippen molar-refractivity contribution in [3.8, 4) is 0 Å². The van der Waals surface area contributed by atoms with Crippen LogP contribution in [0.3, 0.4) is 0 Å². The number of carboxylic acids is 1. The fourth-order valence-electron chi connectivity index (χ4n) is 1.18. The summed E-state index contributed by atoms with van der Waals surface area (Å²) in [4.78, 5) is 23.4. The first-order valence-electron chi connectivity index (χ1n) is 5.07. The zero-order valence-electron chi connectivity index (χ0n) is 9.54. The third kappa shape index (κ3) is 4.05. The summed E-state index contributed by atoms with van der Waals surface area (Å²) in [5.41, 5.74) is 0. The summed E-state index contributed by atoms with van der Waals surface area (Å²) in [6.07, 6.45) is 1.01. The topological polar surface area (TPSA) is 122 Å². The van der Waals surface area contributed by atoms with Crippen LogP contribution in [0.5, 0.6) is 0 Å². The Morgan fingerprint density at radius 1 is 1.53 bits per heavy atom. The summed E-state index contributed by atoms with van der Waals surface area (Å²) in [6, 6.07) is -1.59. The van der Waals surface area contributed by atoms with Gasteiger partial charge in [0.05, 0.1) is 7.05 Å². The molecule has 0 spiro atoms. The Labute approximate surface area is 97.2 Å². The van der Waals surface area contributed by atoms with Crippen molar-refractivity contribution in [1.82, 2.24) is 25.5 Å². The van der Waals surface area contributed by atoms with Gasteiger partial charge < -0.3 is 10.4 Å². The Morgan fingerprint density at radius 2 is 2.24 bits per heavy atom. The number of anilines is 1. The number of carboxylic acid groups (broad SMARTS) is 1. The number of hydrogen-bond donors (Lipinski definition) is 3. The molecule has 0 saturated heterocycles. The van der Waals surface area contributed by atoms with Crippen LogP contribution in [0, 0.1) is 0 Å². The van der Waals surface area contributed by atoms with Crippen LogP contribution in [-0.2, 0) is 11.8 Å². The molecule has 1 aromatic rings. The average molecular weight is 242 g/mol. The van der Waals surface area contributed by atoms with Gasteiger partial charge >= 0.3 is 12.0 Å². The first-order valence-corrected chi connectivity index (χ1v) is 5.07. The lowest BCUT2D eigenvalue weighted by atomic mass is 10.2. The maximum Gasteiger partial charge on any atom is 0.326 e. The normalized spacial score (nSPS) is 11.9. The number of aryl methyl sites for hydroxylation is 1. The summed E-state index contributed by atoms with van der Waals surface area (Å²) in [7, 11) is 1.55. The molecule has 1 heterocycles. The zero-order chi connectivity index (χ0) is 12.8. The maximum atomic E-state index is 11.4. The zero-order valence-corrected chi connectivity index (χ0v) is 9.54. The number of rotatable bonds is 5. The highest BCUT2D eigenvalue weighted by Crippen LogP contribution is 1.98. The van der Waals surface area contributed by atoms with E-state index in [-0.39, 0.29) is 5.95 Å². The average Bonchev–Trinajstić information content (AvgIpc) is 2.63. The molecule has 0 unspecified atom stereocenters. The van der Waals surface area contributed by atoms with E-state index in [9.17, 15) is 9.59 Å². The highest BCUT2D eigenvalue weighted by Gasteiger charge is 2.19. The van der Waals surface area contributed by atoms with Crippen LogP contribution < -0.4 is 10.6 Å². The molecule has 0 saturated carbocycles. The molecule has 2 amide bonds. The number of hydrogen-bond acceptors (Lipinski definition) is 5. The minimum absolute atomic E-state index is 0.0191. The lowest BCUT2D eigenvalue weighted by Gasteiger charge is -2.12. The van der Waals surface area contributed by atoms with Gasteiger partial charge in [0.25, 0.3) is 5.95 Å². The second kappa shape index (κ2) is 5.77. The standard InChI is InChI=1S/C8H14N6O3/c1-3-4-5(6(15)16)9-8(17)10-7-11-13-14(2)12-7/h5H,3-4H2,1-2H3,(H,15,16)(H2,9,10,12,17)/t5-/m0/s1. The largest absolute Gasteiger partial charge is 0.480 e. The number of carbonyl (C=O) groups excluding carboxylic acids is 1. The third-order valence-corrected chi connectivity index (χ3v) is 1.91. The first kappa shape index (κ1) is 12.9. The van der Waals surface area contributed by atoms with Gasteiger partial charge in [0, 0.05) is 0 Å². The van der Waals surface area contributed by atoms with Gasteiger partial charge in [-0.3, -0.25) is 5.32 Å². The molecular formula is C8H14N6O3. The van der Waals surface area contributed by atoms with Gasteiger partial charge in [-0.05, 0) is 11.6 Å². The molecule has 17 heavy (non-hydrogen) atoms. The van der Waals surface area contributed by atoms with Gasteiger partial charge in [-0.1, -0.05) is 18.4 Å². The molecule has 94 valence electrons.